The molecule has 274 valence electrons. The van der Waals surface area contributed by atoms with Crippen LogP contribution in [0.5, 0.6) is 0 Å². The number of aliphatic hydroxyl groups is 4. The third-order valence-electron chi connectivity index (χ3n) is 7.04. The number of carbonyl (C=O) groups excluding carboxylic acids is 7. The number of aliphatic imine (C=N–C) groups is 1. The van der Waals surface area contributed by atoms with Crippen LogP contribution < -0.4 is 65.5 Å². The molecule has 8 amide bonds. The number of urea groups is 1. The summed E-state index contributed by atoms with van der Waals surface area (Å²) >= 11 is 0. The smallest absolute Gasteiger partial charge is 0.316 e. The fourth-order valence-corrected chi connectivity index (χ4v) is 4.46. The highest BCUT2D eigenvalue weighted by molar-refractivity contribution is 6.02. The summed E-state index contributed by atoms with van der Waals surface area (Å²) in [7, 11) is 0. The average molecular weight is 702 g/mol. The van der Waals surface area contributed by atoms with Gasteiger partial charge in [0.15, 0.2) is 5.96 Å². The van der Waals surface area contributed by atoms with Crippen LogP contribution in [0.1, 0.15) is 19.3 Å². The van der Waals surface area contributed by atoms with E-state index in [1.807, 2.05) is 5.32 Å². The Kier molecular flexibility index (Phi) is 15.5. The molecule has 24 heteroatoms. The Morgan fingerprint density at radius 3 is 2.20 bits per heavy atom. The topological polar surface area (TPSA) is 413 Å². The van der Waals surface area contributed by atoms with E-state index in [2.05, 4.69) is 42.2 Å². The van der Waals surface area contributed by atoms with Crippen molar-refractivity contribution in [3.8, 4) is 0 Å². The molecule has 0 aromatic heterocycles. The van der Waals surface area contributed by atoms with Gasteiger partial charge in [-0.3, -0.25) is 28.8 Å². The lowest BCUT2D eigenvalue weighted by Gasteiger charge is -2.31. The van der Waals surface area contributed by atoms with Crippen LogP contribution in [-0.2, 0) is 28.8 Å². The molecule has 24 nitrogen and oxygen atoms in total. The number of carbonyl (C=O) groups is 7. The van der Waals surface area contributed by atoms with Crippen molar-refractivity contribution in [2.24, 2.45) is 27.9 Å². The molecule has 2 rings (SSSR count). The fraction of sp³-hybridized carbons (Fsp3) is 0.600. The minimum Gasteiger partial charge on any atom is -0.394 e. The molecule has 2 aliphatic rings. The maximum atomic E-state index is 13.6. The maximum Gasteiger partial charge on any atom is 0.316 e. The van der Waals surface area contributed by atoms with E-state index in [9.17, 15) is 54.0 Å². The fourth-order valence-electron chi connectivity index (χ4n) is 4.46. The molecule has 0 radical (unpaired) electrons. The molecule has 0 unspecified atom stereocenters. The highest BCUT2D eigenvalue weighted by Crippen LogP contribution is 2.12. The van der Waals surface area contributed by atoms with E-state index in [-0.39, 0.29) is 25.3 Å². The Balaban J connectivity index is 2.56. The monoisotopic (exact) mass is 701 g/mol. The number of primary amides is 1. The SMILES string of the molecule is NCC[C@H](O)[C@@H](N)CC(=O)N[C@H]1CNC(=O)[C@H]([C@H]2C[C@H](O)NC(N)=N2)NC(=O)/C(=C/NC(N)=O)NC(=O)[C@H](CO)NC(=O)[C@H](CO)NC1=O. The van der Waals surface area contributed by atoms with Crippen molar-refractivity contribution in [2.45, 2.75) is 67.8 Å². The van der Waals surface area contributed by atoms with Gasteiger partial charge in [-0.15, -0.1) is 0 Å². The van der Waals surface area contributed by atoms with E-state index in [1.165, 1.54) is 0 Å². The van der Waals surface area contributed by atoms with Crippen LogP contribution in [0.2, 0.25) is 0 Å². The number of nitrogens with one attached hydrogen (secondary N) is 8. The number of hydrogen-bond donors (Lipinski definition) is 16. The largest absolute Gasteiger partial charge is 0.394 e. The van der Waals surface area contributed by atoms with Gasteiger partial charge in [-0.2, -0.15) is 0 Å². The summed E-state index contributed by atoms with van der Waals surface area (Å²) in [4.78, 5) is 94.4. The first kappa shape index (κ1) is 40.0. The second-order valence-corrected chi connectivity index (χ2v) is 10.8. The van der Waals surface area contributed by atoms with Crippen LogP contribution in [-0.4, -0.2) is 143 Å². The molecule has 0 aliphatic carbocycles. The summed E-state index contributed by atoms with van der Waals surface area (Å²) in [5, 5.41) is 57.5. The van der Waals surface area contributed by atoms with Crippen LogP contribution in [0, 0.1) is 0 Å². The van der Waals surface area contributed by atoms with Gasteiger partial charge in [0.05, 0.1) is 25.4 Å². The summed E-state index contributed by atoms with van der Waals surface area (Å²) in [6.45, 7) is -2.76. The third-order valence-corrected chi connectivity index (χ3v) is 7.04. The molecule has 8 atom stereocenters. The lowest BCUT2D eigenvalue weighted by atomic mass is 10.0. The van der Waals surface area contributed by atoms with Gasteiger partial charge in [-0.1, -0.05) is 0 Å². The van der Waals surface area contributed by atoms with Crippen molar-refractivity contribution in [1.82, 2.24) is 42.5 Å². The number of nitrogens with zero attached hydrogens (tertiary/aromatic N) is 1. The summed E-state index contributed by atoms with van der Waals surface area (Å²) in [6, 6.07) is -10.5. The Morgan fingerprint density at radius 1 is 0.980 bits per heavy atom. The molecular weight excluding hydrogens is 658 g/mol. The first-order chi connectivity index (χ1) is 23.1. The van der Waals surface area contributed by atoms with E-state index in [0.29, 0.717) is 6.20 Å². The van der Waals surface area contributed by atoms with Gasteiger partial charge in [-0.25, -0.2) is 9.79 Å². The number of hydrogen-bond acceptors (Lipinski definition) is 16. The number of guanidine groups is 1. The van der Waals surface area contributed by atoms with Crippen LogP contribution in [0.3, 0.4) is 0 Å². The Morgan fingerprint density at radius 2 is 1.61 bits per heavy atom. The minimum atomic E-state index is -1.81. The van der Waals surface area contributed by atoms with Gasteiger partial charge in [0.25, 0.3) is 5.91 Å². The second kappa shape index (κ2) is 19.0. The molecule has 2 aliphatic heterocycles. The maximum absolute atomic E-state index is 13.6. The number of rotatable bonds is 10. The third kappa shape index (κ3) is 12.4. The van der Waals surface area contributed by atoms with Crippen molar-refractivity contribution in [2.75, 3.05) is 26.3 Å². The van der Waals surface area contributed by atoms with Crippen LogP contribution in [0.15, 0.2) is 16.9 Å². The van der Waals surface area contributed by atoms with E-state index in [1.54, 1.807) is 0 Å². The molecule has 0 aromatic carbocycles. The van der Waals surface area contributed by atoms with Crippen molar-refractivity contribution in [3.63, 3.8) is 0 Å². The molecule has 2 heterocycles. The predicted molar refractivity (Wildman–Crippen MR) is 165 cm³/mol. The number of amides is 8. The molecule has 1 saturated heterocycles. The zero-order chi connectivity index (χ0) is 36.8. The molecule has 1 fully saturated rings. The summed E-state index contributed by atoms with van der Waals surface area (Å²) in [6.07, 6.45) is -2.60. The summed E-state index contributed by atoms with van der Waals surface area (Å²) in [5.74, 6) is -7.06. The first-order valence-corrected chi connectivity index (χ1v) is 14.8. The Bertz CT molecular complexity index is 1310. The average Bonchev–Trinajstić information content (AvgIpc) is 3.03. The lowest BCUT2D eigenvalue weighted by molar-refractivity contribution is -0.135. The zero-order valence-electron chi connectivity index (χ0n) is 26.0. The van der Waals surface area contributed by atoms with Crippen molar-refractivity contribution in [3.05, 3.63) is 11.9 Å². The van der Waals surface area contributed by atoms with Crippen molar-refractivity contribution < 1.29 is 54.0 Å². The quantitative estimate of drug-likeness (QED) is 0.0940. The van der Waals surface area contributed by atoms with Crippen LogP contribution in [0.25, 0.3) is 0 Å². The molecule has 0 saturated carbocycles. The normalized spacial score (nSPS) is 27.9. The molecule has 0 spiro atoms. The molecule has 20 N–H and O–H groups in total. The highest BCUT2D eigenvalue weighted by Gasteiger charge is 2.37. The number of nitrogens with two attached hydrogens (primary N) is 4. The van der Waals surface area contributed by atoms with Crippen molar-refractivity contribution >= 4 is 47.4 Å². The minimum absolute atomic E-state index is 0.0650. The van der Waals surface area contributed by atoms with Crippen LogP contribution in [0.4, 0.5) is 4.79 Å². The van der Waals surface area contributed by atoms with Gasteiger partial charge >= 0.3 is 6.03 Å². The standard InChI is InChI=1S/C25H43N13O11/c26-2-1-15(41)9(27)3-16(42)32-11-5-30-23(48)18(10-4-17(43)37-24(28)36-10)38-20(45)12(6-31-25(29)49)33-21(46)13(7-39)35-22(47)14(8-40)34-19(11)44/h6,9-11,13-15,17-18,39-41,43H,1-5,7-8,26-27H2,(H,30,48)(H,32,42)(H,33,46)(H,34,44)(H,35,47)(H,38,45)(H3,28,36,37)(H3,29,31,49)/b12-6-/t9-,10+,11-,13-,14-,15-,17-,18-/m0/s1. The van der Waals surface area contributed by atoms with E-state index in [4.69, 9.17) is 22.9 Å². The first-order valence-electron chi connectivity index (χ1n) is 14.8. The molecule has 49 heavy (non-hydrogen) atoms. The zero-order valence-corrected chi connectivity index (χ0v) is 26.0. The van der Waals surface area contributed by atoms with Crippen LogP contribution >= 0.6 is 0 Å². The molecule has 0 bridgehead atoms. The Labute approximate surface area is 278 Å². The van der Waals surface area contributed by atoms with Gasteiger partial charge in [0.2, 0.25) is 29.5 Å². The molecule has 0 aromatic rings. The summed E-state index contributed by atoms with van der Waals surface area (Å²) < 4.78 is 0. The van der Waals surface area contributed by atoms with E-state index >= 15 is 0 Å². The van der Waals surface area contributed by atoms with Gasteiger partial charge < -0.3 is 85.9 Å². The van der Waals surface area contributed by atoms with Gasteiger partial charge in [-0.05, 0) is 13.0 Å². The Hall–Kier alpha value is -5.14. The van der Waals surface area contributed by atoms with E-state index < -0.39 is 122 Å². The second-order valence-electron chi connectivity index (χ2n) is 10.8. The van der Waals surface area contributed by atoms with Gasteiger partial charge in [0.1, 0.15) is 36.1 Å². The predicted octanol–water partition coefficient (Wildman–Crippen LogP) is -9.91. The highest BCUT2D eigenvalue weighted by atomic mass is 16.3. The van der Waals surface area contributed by atoms with Gasteiger partial charge in [0, 0.05) is 31.6 Å². The van der Waals surface area contributed by atoms with Crippen molar-refractivity contribution in [1.29, 1.82) is 0 Å². The summed E-state index contributed by atoms with van der Waals surface area (Å²) in [5.41, 5.74) is 21.3. The molecular formula is C25H43N13O11. The van der Waals surface area contributed by atoms with E-state index in [0.717, 1.165) is 0 Å². The lowest BCUT2D eigenvalue weighted by Crippen LogP contribution is -2.63. The number of aliphatic hydroxyl groups excluding tert-OH is 4.